The van der Waals surface area contributed by atoms with Crippen molar-refractivity contribution in [2.45, 2.75) is 20.1 Å². The number of ether oxygens (including phenoxy) is 1. The van der Waals surface area contributed by atoms with Crippen molar-refractivity contribution in [1.29, 1.82) is 0 Å². The Balaban J connectivity index is 1.90. The molecule has 3 aromatic rings. The summed E-state index contributed by atoms with van der Waals surface area (Å²) in [5.74, 6) is -0.0393. The predicted molar refractivity (Wildman–Crippen MR) is 90.7 cm³/mol. The summed E-state index contributed by atoms with van der Waals surface area (Å²) in [6.45, 7) is 1.61. The number of amides is 1. The molecule has 1 aromatic heterocycles. The number of carbonyl (C=O) groups is 1. The monoisotopic (exact) mass is 341 g/mol. The minimum absolute atomic E-state index is 0.195. The Kier molecular flexibility index (Phi) is 4.47. The van der Waals surface area contributed by atoms with Crippen molar-refractivity contribution in [3.05, 3.63) is 70.0 Å². The Bertz CT molecular complexity index is 1010. The SMILES string of the molecule is Cc1nc2cc(OCc3cccc(F)c3)ccc2c(=O)n1CC(N)=O. The van der Waals surface area contributed by atoms with Gasteiger partial charge >= 0.3 is 0 Å². The molecule has 1 heterocycles. The molecule has 2 aromatic carbocycles. The van der Waals surface area contributed by atoms with Crippen LogP contribution in [0.4, 0.5) is 4.39 Å². The zero-order valence-corrected chi connectivity index (χ0v) is 13.5. The second-order valence-corrected chi connectivity index (χ2v) is 5.61. The molecule has 0 radical (unpaired) electrons. The fourth-order valence-electron chi connectivity index (χ4n) is 2.54. The standard InChI is InChI=1S/C18H16FN3O3/c1-11-21-16-8-14(25-10-12-3-2-4-13(19)7-12)5-6-15(16)18(24)22(11)9-17(20)23/h2-8H,9-10H2,1H3,(H2,20,23). The number of hydrogen-bond acceptors (Lipinski definition) is 4. The van der Waals surface area contributed by atoms with Crippen molar-refractivity contribution in [3.63, 3.8) is 0 Å². The summed E-state index contributed by atoms with van der Waals surface area (Å²) < 4.78 is 20.1. The second-order valence-electron chi connectivity index (χ2n) is 5.61. The number of fused-ring (bicyclic) bond motifs is 1. The molecule has 0 saturated heterocycles. The third-order valence-corrected chi connectivity index (χ3v) is 3.73. The minimum atomic E-state index is -0.610. The number of aromatic nitrogens is 2. The van der Waals surface area contributed by atoms with Crippen molar-refractivity contribution in [2.75, 3.05) is 0 Å². The molecule has 1 amide bonds. The summed E-state index contributed by atoms with van der Waals surface area (Å²) in [7, 11) is 0. The Morgan fingerprint density at radius 1 is 1.28 bits per heavy atom. The zero-order valence-electron chi connectivity index (χ0n) is 13.5. The largest absolute Gasteiger partial charge is 0.489 e. The molecular formula is C18H16FN3O3. The molecular weight excluding hydrogens is 325 g/mol. The lowest BCUT2D eigenvalue weighted by atomic mass is 10.2. The van der Waals surface area contributed by atoms with Crippen LogP contribution in [0.5, 0.6) is 5.75 Å². The average molecular weight is 341 g/mol. The van der Waals surface area contributed by atoms with Gasteiger partial charge in [-0.2, -0.15) is 0 Å². The number of halogens is 1. The summed E-state index contributed by atoms with van der Waals surface area (Å²) in [4.78, 5) is 27.9. The van der Waals surface area contributed by atoms with Crippen LogP contribution in [0.25, 0.3) is 10.9 Å². The Labute approximate surface area is 142 Å². The molecule has 3 rings (SSSR count). The fraction of sp³-hybridized carbons (Fsp3) is 0.167. The summed E-state index contributed by atoms with van der Waals surface area (Å²) in [6, 6.07) is 11.0. The topological polar surface area (TPSA) is 87.2 Å². The van der Waals surface area contributed by atoms with Crippen molar-refractivity contribution in [2.24, 2.45) is 5.73 Å². The van der Waals surface area contributed by atoms with Crippen LogP contribution in [0.2, 0.25) is 0 Å². The molecule has 0 spiro atoms. The van der Waals surface area contributed by atoms with Crippen molar-refractivity contribution >= 4 is 16.8 Å². The first-order valence-electron chi connectivity index (χ1n) is 7.61. The van der Waals surface area contributed by atoms with Crippen molar-refractivity contribution in [3.8, 4) is 5.75 Å². The summed E-state index contributed by atoms with van der Waals surface area (Å²) in [6.07, 6.45) is 0. The molecule has 0 saturated carbocycles. The maximum absolute atomic E-state index is 13.2. The van der Waals surface area contributed by atoms with Gasteiger partial charge in [0.2, 0.25) is 5.91 Å². The lowest BCUT2D eigenvalue weighted by Crippen LogP contribution is -2.30. The van der Waals surface area contributed by atoms with E-state index in [4.69, 9.17) is 10.5 Å². The van der Waals surface area contributed by atoms with Gasteiger partial charge in [-0.3, -0.25) is 14.2 Å². The highest BCUT2D eigenvalue weighted by Crippen LogP contribution is 2.19. The van der Waals surface area contributed by atoms with Gasteiger partial charge in [-0.15, -0.1) is 0 Å². The summed E-state index contributed by atoms with van der Waals surface area (Å²) in [5.41, 5.74) is 5.98. The average Bonchev–Trinajstić information content (AvgIpc) is 2.56. The first-order chi connectivity index (χ1) is 11.9. The molecule has 0 fully saturated rings. The molecule has 0 aliphatic carbocycles. The van der Waals surface area contributed by atoms with Gasteiger partial charge in [0.15, 0.2) is 0 Å². The van der Waals surface area contributed by atoms with Crippen molar-refractivity contribution in [1.82, 2.24) is 9.55 Å². The van der Waals surface area contributed by atoms with Gasteiger partial charge < -0.3 is 10.5 Å². The van der Waals surface area contributed by atoms with Gasteiger partial charge in [-0.1, -0.05) is 12.1 Å². The maximum atomic E-state index is 13.2. The molecule has 0 aliphatic heterocycles. The molecule has 7 heteroatoms. The van der Waals surface area contributed by atoms with Crippen LogP contribution < -0.4 is 16.0 Å². The second kappa shape index (κ2) is 6.72. The van der Waals surface area contributed by atoms with E-state index in [1.165, 1.54) is 16.7 Å². The molecule has 128 valence electrons. The van der Waals surface area contributed by atoms with Crippen molar-refractivity contribution < 1.29 is 13.9 Å². The Hall–Kier alpha value is -3.22. The highest BCUT2D eigenvalue weighted by atomic mass is 19.1. The van der Waals surface area contributed by atoms with E-state index in [-0.39, 0.29) is 24.5 Å². The molecule has 0 aliphatic rings. The molecule has 0 bridgehead atoms. The Morgan fingerprint density at radius 2 is 2.08 bits per heavy atom. The van der Waals surface area contributed by atoms with E-state index in [0.717, 1.165) is 0 Å². The van der Waals surface area contributed by atoms with Gasteiger partial charge in [-0.25, -0.2) is 9.37 Å². The normalized spacial score (nSPS) is 10.8. The zero-order chi connectivity index (χ0) is 18.0. The third-order valence-electron chi connectivity index (χ3n) is 3.73. The number of carbonyl (C=O) groups excluding carboxylic acids is 1. The first-order valence-corrected chi connectivity index (χ1v) is 7.61. The number of benzene rings is 2. The molecule has 0 unspecified atom stereocenters. The van der Waals surface area contributed by atoms with Crippen LogP contribution in [0.3, 0.4) is 0 Å². The van der Waals surface area contributed by atoms with Crippen LogP contribution >= 0.6 is 0 Å². The Morgan fingerprint density at radius 3 is 2.80 bits per heavy atom. The number of nitrogens with two attached hydrogens (primary N) is 1. The number of hydrogen-bond donors (Lipinski definition) is 1. The maximum Gasteiger partial charge on any atom is 0.261 e. The highest BCUT2D eigenvalue weighted by Gasteiger charge is 2.11. The number of rotatable bonds is 5. The summed E-state index contributed by atoms with van der Waals surface area (Å²) >= 11 is 0. The fourth-order valence-corrected chi connectivity index (χ4v) is 2.54. The minimum Gasteiger partial charge on any atom is -0.489 e. The van der Waals surface area contributed by atoms with E-state index in [1.807, 2.05) is 0 Å². The summed E-state index contributed by atoms with van der Waals surface area (Å²) in [5, 5.41) is 0.366. The van der Waals surface area contributed by atoms with Crippen LogP contribution in [0, 0.1) is 12.7 Å². The van der Waals surface area contributed by atoms with Gasteiger partial charge in [0.1, 0.15) is 30.5 Å². The number of nitrogens with zero attached hydrogens (tertiary/aromatic N) is 2. The lowest BCUT2D eigenvalue weighted by molar-refractivity contribution is -0.118. The predicted octanol–water partition coefficient (Wildman–Crippen LogP) is 1.91. The van der Waals surface area contributed by atoms with E-state index in [9.17, 15) is 14.0 Å². The van der Waals surface area contributed by atoms with Gasteiger partial charge in [-0.05, 0) is 36.8 Å². The quantitative estimate of drug-likeness (QED) is 0.768. The highest BCUT2D eigenvalue weighted by molar-refractivity contribution is 5.80. The van der Waals surface area contributed by atoms with Crippen LogP contribution in [0.15, 0.2) is 47.3 Å². The smallest absolute Gasteiger partial charge is 0.261 e. The number of aryl methyl sites for hydroxylation is 1. The van der Waals surface area contributed by atoms with E-state index in [0.29, 0.717) is 28.0 Å². The van der Waals surface area contributed by atoms with E-state index in [1.54, 1.807) is 37.3 Å². The van der Waals surface area contributed by atoms with Crippen LogP contribution in [-0.4, -0.2) is 15.5 Å². The molecule has 2 N–H and O–H groups in total. The van der Waals surface area contributed by atoms with Crippen LogP contribution in [0.1, 0.15) is 11.4 Å². The molecule has 0 atom stereocenters. The van der Waals surface area contributed by atoms with E-state index in [2.05, 4.69) is 4.98 Å². The molecule has 25 heavy (non-hydrogen) atoms. The van der Waals surface area contributed by atoms with Gasteiger partial charge in [0.05, 0.1) is 10.9 Å². The van der Waals surface area contributed by atoms with E-state index < -0.39 is 5.91 Å². The van der Waals surface area contributed by atoms with Crippen LogP contribution in [-0.2, 0) is 17.9 Å². The molecule has 6 nitrogen and oxygen atoms in total. The lowest BCUT2D eigenvalue weighted by Gasteiger charge is -2.10. The first kappa shape index (κ1) is 16.6. The van der Waals surface area contributed by atoms with Gasteiger partial charge in [0, 0.05) is 6.07 Å². The third kappa shape index (κ3) is 3.65. The van der Waals surface area contributed by atoms with Gasteiger partial charge in [0.25, 0.3) is 5.56 Å². The number of primary amides is 1. The van der Waals surface area contributed by atoms with E-state index >= 15 is 0 Å².